The Morgan fingerprint density at radius 1 is 0.200 bits per heavy atom. The van der Waals surface area contributed by atoms with Gasteiger partial charge in [0, 0.05) is 0 Å². The van der Waals surface area contributed by atoms with E-state index in [1.54, 1.807) is 0 Å². The molecule has 232 valence electrons. The Balaban J connectivity index is 1.19. The average Bonchev–Trinajstić information content (AvgIpc) is 3.19. The second-order valence-electron chi connectivity index (χ2n) is 13.3. The van der Waals surface area contributed by atoms with Gasteiger partial charge in [-0.2, -0.15) is 0 Å². The summed E-state index contributed by atoms with van der Waals surface area (Å²) in [6.45, 7) is 0. The third kappa shape index (κ3) is 4.69. The van der Waals surface area contributed by atoms with Crippen molar-refractivity contribution in [1.29, 1.82) is 0 Å². The molecule has 0 heteroatoms. The lowest BCUT2D eigenvalue weighted by molar-refractivity contribution is 1.61. The van der Waals surface area contributed by atoms with Crippen LogP contribution in [-0.4, -0.2) is 0 Å². The van der Waals surface area contributed by atoms with Crippen LogP contribution in [0.1, 0.15) is 0 Å². The summed E-state index contributed by atoms with van der Waals surface area (Å²) in [6.07, 6.45) is 0. The van der Waals surface area contributed by atoms with Crippen molar-refractivity contribution in [3.8, 4) is 44.5 Å². The van der Waals surface area contributed by atoms with Gasteiger partial charge in [0.15, 0.2) is 0 Å². The van der Waals surface area contributed by atoms with Crippen LogP contribution in [0.25, 0.3) is 98.4 Å². The van der Waals surface area contributed by atoms with Gasteiger partial charge in [-0.15, -0.1) is 0 Å². The lowest BCUT2D eigenvalue weighted by atomic mass is 9.83. The molecule has 0 fully saturated rings. The molecule has 0 saturated heterocycles. The Morgan fingerprint density at radius 2 is 0.580 bits per heavy atom. The van der Waals surface area contributed by atoms with Crippen LogP contribution < -0.4 is 0 Å². The van der Waals surface area contributed by atoms with Crippen molar-refractivity contribution in [2.24, 2.45) is 0 Å². The molecule has 0 radical (unpaired) electrons. The maximum atomic E-state index is 2.41. The van der Waals surface area contributed by atoms with Crippen molar-refractivity contribution in [1.82, 2.24) is 0 Å². The van der Waals surface area contributed by atoms with E-state index >= 15 is 0 Å². The number of hydrogen-bond donors (Lipinski definition) is 0. The van der Waals surface area contributed by atoms with Gasteiger partial charge in [-0.05, 0) is 123 Å². The van der Waals surface area contributed by atoms with Crippen LogP contribution in [0, 0.1) is 0 Å². The molecule has 10 aromatic rings. The predicted octanol–water partition coefficient (Wildman–Crippen LogP) is 14.1. The highest BCUT2D eigenvalue weighted by Gasteiger charge is 2.19. The molecule has 10 rings (SSSR count). The Morgan fingerprint density at radius 3 is 1.16 bits per heavy atom. The van der Waals surface area contributed by atoms with E-state index in [0.717, 1.165) is 0 Å². The third-order valence-electron chi connectivity index (χ3n) is 10.4. The molecule has 0 N–H and O–H groups in total. The van der Waals surface area contributed by atoms with E-state index in [-0.39, 0.29) is 0 Å². The van der Waals surface area contributed by atoms with Crippen LogP contribution in [0.3, 0.4) is 0 Å². The molecule has 0 unspecified atom stereocenters. The zero-order chi connectivity index (χ0) is 33.0. The van der Waals surface area contributed by atoms with Crippen LogP contribution in [0.5, 0.6) is 0 Å². The number of rotatable bonds is 4. The Hall–Kier alpha value is -6.50. The highest BCUT2D eigenvalue weighted by atomic mass is 14.2. The van der Waals surface area contributed by atoms with E-state index < -0.39 is 0 Å². The van der Waals surface area contributed by atoms with E-state index in [1.165, 1.54) is 98.4 Å². The molecule has 0 bridgehead atoms. The maximum absolute atomic E-state index is 2.41. The fraction of sp³-hybridized carbons (Fsp3) is 0. The summed E-state index contributed by atoms with van der Waals surface area (Å²) >= 11 is 0. The number of benzene rings is 10. The number of fused-ring (bicyclic) bond motifs is 5. The summed E-state index contributed by atoms with van der Waals surface area (Å²) in [5, 5.41) is 12.6. The van der Waals surface area contributed by atoms with Crippen molar-refractivity contribution < 1.29 is 0 Å². The van der Waals surface area contributed by atoms with Crippen LogP contribution in [0.15, 0.2) is 194 Å². The first-order valence-electron chi connectivity index (χ1n) is 17.3. The summed E-state index contributed by atoms with van der Waals surface area (Å²) in [7, 11) is 0. The maximum Gasteiger partial charge on any atom is -0.00199 e. The van der Waals surface area contributed by atoms with Gasteiger partial charge < -0.3 is 0 Å². The molecule has 0 saturated carbocycles. The first-order valence-corrected chi connectivity index (χ1v) is 17.3. The van der Waals surface area contributed by atoms with Gasteiger partial charge in [-0.25, -0.2) is 0 Å². The summed E-state index contributed by atoms with van der Waals surface area (Å²) in [6, 6.07) is 71.4. The van der Waals surface area contributed by atoms with Crippen molar-refractivity contribution in [3.63, 3.8) is 0 Å². The molecule has 0 aromatic heterocycles. The van der Waals surface area contributed by atoms with Gasteiger partial charge in [0.05, 0.1) is 0 Å². The fourth-order valence-electron chi connectivity index (χ4n) is 7.98. The molecule has 0 nitrogen and oxygen atoms in total. The minimum Gasteiger partial charge on any atom is -0.0616 e. The molecular weight excluding hydrogens is 601 g/mol. The molecule has 0 aliphatic carbocycles. The SMILES string of the molecule is c1ccc2cc(-c3ccc(-c4cc(-c5c6ccccc6c(-c6ccc7ccccc7c6)c6ccccc56)c5ccccc5c4)cc3)ccc2c1. The molecule has 0 spiro atoms. The molecule has 0 aliphatic rings. The first kappa shape index (κ1) is 28.5. The van der Waals surface area contributed by atoms with Crippen molar-refractivity contribution in [2.75, 3.05) is 0 Å². The molecule has 0 heterocycles. The van der Waals surface area contributed by atoms with E-state index in [4.69, 9.17) is 0 Å². The average molecular weight is 633 g/mol. The van der Waals surface area contributed by atoms with E-state index in [1.807, 2.05) is 0 Å². The highest BCUT2D eigenvalue weighted by molar-refractivity contribution is 6.24. The monoisotopic (exact) mass is 632 g/mol. The Labute approximate surface area is 291 Å². The quantitative estimate of drug-likeness (QED) is 0.169. The van der Waals surface area contributed by atoms with Crippen LogP contribution in [0.4, 0.5) is 0 Å². The zero-order valence-corrected chi connectivity index (χ0v) is 27.5. The molecule has 0 aliphatic heterocycles. The second-order valence-corrected chi connectivity index (χ2v) is 13.3. The Kier molecular flexibility index (Phi) is 6.60. The van der Waals surface area contributed by atoms with Gasteiger partial charge in [0.1, 0.15) is 0 Å². The molecule has 10 aromatic carbocycles. The summed E-state index contributed by atoms with van der Waals surface area (Å²) in [5.41, 5.74) is 9.96. The predicted molar refractivity (Wildman–Crippen MR) is 216 cm³/mol. The van der Waals surface area contributed by atoms with Gasteiger partial charge in [-0.3, -0.25) is 0 Å². The summed E-state index contributed by atoms with van der Waals surface area (Å²) in [5.74, 6) is 0. The van der Waals surface area contributed by atoms with Gasteiger partial charge >= 0.3 is 0 Å². The Bertz CT molecular complexity index is 2850. The molecule has 0 amide bonds. The fourth-order valence-corrected chi connectivity index (χ4v) is 7.98. The van der Waals surface area contributed by atoms with Crippen LogP contribution >= 0.6 is 0 Å². The standard InChI is InChI=1S/C50H32/c1-3-13-37-29-39(27-25-33(37)11-1)35-21-23-36(24-22-35)42-31-40-15-5-6-16-43(40)48(32-42)50-46-19-9-7-17-44(46)49(45-18-8-10-20-47(45)50)41-28-26-34-12-2-4-14-38(34)30-41/h1-32H. The molecule has 0 atom stereocenters. The van der Waals surface area contributed by atoms with Crippen molar-refractivity contribution in [2.45, 2.75) is 0 Å². The van der Waals surface area contributed by atoms with Crippen molar-refractivity contribution in [3.05, 3.63) is 194 Å². The first-order chi connectivity index (χ1) is 24.8. The summed E-state index contributed by atoms with van der Waals surface area (Å²) in [4.78, 5) is 0. The smallest absolute Gasteiger partial charge is 0.00199 e. The normalized spacial score (nSPS) is 11.6. The minimum atomic E-state index is 1.21. The lowest BCUT2D eigenvalue weighted by Gasteiger charge is -2.20. The van der Waals surface area contributed by atoms with E-state index in [9.17, 15) is 0 Å². The highest BCUT2D eigenvalue weighted by Crippen LogP contribution is 2.46. The largest absolute Gasteiger partial charge is 0.0616 e. The van der Waals surface area contributed by atoms with Crippen molar-refractivity contribution >= 4 is 53.9 Å². The minimum absolute atomic E-state index is 1.21. The second kappa shape index (κ2) is 11.6. The third-order valence-corrected chi connectivity index (χ3v) is 10.4. The molecular formula is C50H32. The van der Waals surface area contributed by atoms with Gasteiger partial charge in [-0.1, -0.05) is 170 Å². The molecule has 50 heavy (non-hydrogen) atoms. The van der Waals surface area contributed by atoms with Crippen LogP contribution in [0.2, 0.25) is 0 Å². The van der Waals surface area contributed by atoms with Crippen LogP contribution in [-0.2, 0) is 0 Å². The topological polar surface area (TPSA) is 0 Å². The van der Waals surface area contributed by atoms with E-state index in [2.05, 4.69) is 194 Å². The number of hydrogen-bond acceptors (Lipinski definition) is 0. The van der Waals surface area contributed by atoms with E-state index in [0.29, 0.717) is 0 Å². The lowest BCUT2D eigenvalue weighted by Crippen LogP contribution is -1.92. The van der Waals surface area contributed by atoms with Gasteiger partial charge in [0.2, 0.25) is 0 Å². The van der Waals surface area contributed by atoms with Gasteiger partial charge in [0.25, 0.3) is 0 Å². The summed E-state index contributed by atoms with van der Waals surface area (Å²) < 4.78 is 0. The zero-order valence-electron chi connectivity index (χ0n) is 27.5.